The highest BCUT2D eigenvalue weighted by Crippen LogP contribution is 2.36. The summed E-state index contributed by atoms with van der Waals surface area (Å²) in [5, 5.41) is -0.0231. The zero-order valence-corrected chi connectivity index (χ0v) is 9.60. The summed E-state index contributed by atoms with van der Waals surface area (Å²) in [5.74, 6) is -1.76. The summed E-state index contributed by atoms with van der Waals surface area (Å²) in [6, 6.07) is 4.37. The Morgan fingerprint density at radius 1 is 1.11 bits per heavy atom. The molecule has 19 heavy (non-hydrogen) atoms. The molecule has 0 heterocycles. The van der Waals surface area contributed by atoms with Gasteiger partial charge in [-0.25, -0.2) is 4.79 Å². The van der Waals surface area contributed by atoms with Crippen LogP contribution in [0.3, 0.4) is 0 Å². The van der Waals surface area contributed by atoms with Crippen molar-refractivity contribution in [3.63, 3.8) is 0 Å². The molecule has 0 fully saturated rings. The summed E-state index contributed by atoms with van der Waals surface area (Å²) >= 11 is 5.45. The van der Waals surface area contributed by atoms with E-state index in [4.69, 9.17) is 11.6 Å². The molecule has 0 bridgehead atoms. The van der Waals surface area contributed by atoms with E-state index in [0.29, 0.717) is 0 Å². The monoisotopic (exact) mass is 306 g/mol. The first kappa shape index (κ1) is 15.6. The van der Waals surface area contributed by atoms with Gasteiger partial charge >= 0.3 is 18.3 Å². The van der Waals surface area contributed by atoms with Gasteiger partial charge in [0.1, 0.15) is 0 Å². The summed E-state index contributed by atoms with van der Waals surface area (Å²) in [6.07, 6.45) is -15.7. The number of alkyl halides is 6. The van der Waals surface area contributed by atoms with Crippen molar-refractivity contribution in [3.05, 3.63) is 34.9 Å². The number of carbonyl (C=O) groups is 1. The Morgan fingerprint density at radius 3 is 2.05 bits per heavy atom. The normalized spacial score (nSPS) is 12.6. The first-order valence-corrected chi connectivity index (χ1v) is 4.99. The molecule has 1 aromatic rings. The molecule has 0 N–H and O–H groups in total. The molecule has 0 aliphatic heterocycles. The molecule has 0 atom stereocenters. The first-order chi connectivity index (χ1) is 8.51. The summed E-state index contributed by atoms with van der Waals surface area (Å²) < 4.78 is 76.4. The fourth-order valence-corrected chi connectivity index (χ4v) is 1.30. The van der Waals surface area contributed by atoms with Gasteiger partial charge in [-0.3, -0.25) is 0 Å². The van der Waals surface area contributed by atoms with Crippen LogP contribution in [0.25, 0.3) is 0 Å². The Morgan fingerprint density at radius 2 is 1.63 bits per heavy atom. The predicted molar refractivity (Wildman–Crippen MR) is 52.8 cm³/mol. The van der Waals surface area contributed by atoms with Crippen LogP contribution in [-0.2, 0) is 4.74 Å². The highest BCUT2D eigenvalue weighted by molar-refractivity contribution is 6.30. The SMILES string of the molecule is O=C(OC(C(F)(F)F)C(F)(F)F)c1cccc(Cl)c1. The highest BCUT2D eigenvalue weighted by atomic mass is 35.5. The van der Waals surface area contributed by atoms with E-state index >= 15 is 0 Å². The van der Waals surface area contributed by atoms with Crippen molar-refractivity contribution in [2.75, 3.05) is 0 Å². The van der Waals surface area contributed by atoms with Crippen molar-refractivity contribution in [2.24, 2.45) is 0 Å². The van der Waals surface area contributed by atoms with Gasteiger partial charge in [0.25, 0.3) is 6.10 Å². The van der Waals surface area contributed by atoms with Gasteiger partial charge in [0.2, 0.25) is 0 Å². The zero-order chi connectivity index (χ0) is 14.8. The van der Waals surface area contributed by atoms with Gasteiger partial charge in [-0.2, -0.15) is 26.3 Å². The molecule has 0 radical (unpaired) electrons. The van der Waals surface area contributed by atoms with Crippen molar-refractivity contribution in [1.29, 1.82) is 0 Å². The number of ether oxygens (including phenoxy) is 1. The highest BCUT2D eigenvalue weighted by Gasteiger charge is 2.59. The van der Waals surface area contributed by atoms with E-state index in [0.717, 1.165) is 12.1 Å². The van der Waals surface area contributed by atoms with Crippen molar-refractivity contribution in [2.45, 2.75) is 18.5 Å². The average molecular weight is 307 g/mol. The number of esters is 1. The first-order valence-electron chi connectivity index (χ1n) is 4.62. The minimum atomic E-state index is -5.74. The van der Waals surface area contributed by atoms with E-state index < -0.39 is 30.0 Å². The van der Waals surface area contributed by atoms with Crippen molar-refractivity contribution in [3.8, 4) is 0 Å². The number of hydrogen-bond donors (Lipinski definition) is 0. The number of hydrogen-bond acceptors (Lipinski definition) is 2. The Hall–Kier alpha value is -1.44. The van der Waals surface area contributed by atoms with Gasteiger partial charge in [0, 0.05) is 5.02 Å². The van der Waals surface area contributed by atoms with Crippen LogP contribution in [0.2, 0.25) is 5.02 Å². The lowest BCUT2D eigenvalue weighted by molar-refractivity contribution is -0.307. The molecule has 0 saturated heterocycles. The zero-order valence-electron chi connectivity index (χ0n) is 8.85. The maximum atomic E-state index is 12.1. The van der Waals surface area contributed by atoms with Crippen molar-refractivity contribution >= 4 is 17.6 Å². The third-order valence-corrected chi connectivity index (χ3v) is 2.11. The van der Waals surface area contributed by atoms with Gasteiger partial charge in [-0.05, 0) is 18.2 Å². The molecule has 0 aromatic heterocycles. The molecule has 0 aliphatic carbocycles. The summed E-state index contributed by atoms with van der Waals surface area (Å²) in [4.78, 5) is 11.2. The second kappa shape index (κ2) is 5.28. The largest absolute Gasteiger partial charge is 0.439 e. The smallest absolute Gasteiger partial charge is 0.434 e. The van der Waals surface area contributed by atoms with Gasteiger partial charge in [0.15, 0.2) is 0 Å². The second-order valence-corrected chi connectivity index (χ2v) is 3.82. The topological polar surface area (TPSA) is 26.3 Å². The third-order valence-electron chi connectivity index (χ3n) is 1.88. The van der Waals surface area contributed by atoms with Crippen LogP contribution < -0.4 is 0 Å². The molecule has 1 rings (SSSR count). The number of halogens is 7. The fourth-order valence-electron chi connectivity index (χ4n) is 1.11. The van der Waals surface area contributed by atoms with Gasteiger partial charge in [-0.1, -0.05) is 17.7 Å². The molecule has 0 saturated carbocycles. The maximum absolute atomic E-state index is 12.1. The van der Waals surface area contributed by atoms with Crippen LogP contribution >= 0.6 is 11.6 Å². The van der Waals surface area contributed by atoms with E-state index in [1.165, 1.54) is 12.1 Å². The lowest BCUT2D eigenvalue weighted by atomic mass is 10.2. The minimum Gasteiger partial charge on any atom is -0.439 e. The lowest BCUT2D eigenvalue weighted by Gasteiger charge is -2.22. The van der Waals surface area contributed by atoms with Crippen LogP contribution in [0.4, 0.5) is 26.3 Å². The number of rotatable bonds is 2. The van der Waals surface area contributed by atoms with E-state index in [2.05, 4.69) is 4.74 Å². The second-order valence-electron chi connectivity index (χ2n) is 3.38. The number of benzene rings is 1. The van der Waals surface area contributed by atoms with Crippen LogP contribution in [0, 0.1) is 0 Å². The lowest BCUT2D eigenvalue weighted by Crippen LogP contribution is -2.45. The summed E-state index contributed by atoms with van der Waals surface area (Å²) in [6.45, 7) is 0. The minimum absolute atomic E-state index is 0.0231. The van der Waals surface area contributed by atoms with E-state index in [1.807, 2.05) is 0 Å². The Kier molecular flexibility index (Phi) is 4.34. The summed E-state index contributed by atoms with van der Waals surface area (Å²) in [7, 11) is 0. The molecule has 0 amide bonds. The predicted octanol–water partition coefficient (Wildman–Crippen LogP) is 3.99. The average Bonchev–Trinajstić information content (AvgIpc) is 2.22. The van der Waals surface area contributed by atoms with E-state index in [-0.39, 0.29) is 5.02 Å². The van der Waals surface area contributed by atoms with Gasteiger partial charge < -0.3 is 4.74 Å². The number of carbonyl (C=O) groups excluding carboxylic acids is 1. The Balaban J connectivity index is 2.95. The van der Waals surface area contributed by atoms with Crippen LogP contribution in [0.5, 0.6) is 0 Å². The molecule has 2 nitrogen and oxygen atoms in total. The molecule has 0 unspecified atom stereocenters. The van der Waals surface area contributed by atoms with Gasteiger partial charge in [0.05, 0.1) is 5.56 Å². The Bertz CT molecular complexity index is 454. The quantitative estimate of drug-likeness (QED) is 0.610. The van der Waals surface area contributed by atoms with Crippen LogP contribution in [0.1, 0.15) is 10.4 Å². The van der Waals surface area contributed by atoms with E-state index in [9.17, 15) is 31.1 Å². The Labute approximate surface area is 107 Å². The van der Waals surface area contributed by atoms with Crippen molar-refractivity contribution < 1.29 is 35.9 Å². The van der Waals surface area contributed by atoms with E-state index in [1.54, 1.807) is 0 Å². The van der Waals surface area contributed by atoms with Crippen molar-refractivity contribution in [1.82, 2.24) is 0 Å². The molecule has 0 aliphatic rings. The van der Waals surface area contributed by atoms with Crippen LogP contribution in [-0.4, -0.2) is 24.4 Å². The molecular weight excluding hydrogens is 302 g/mol. The van der Waals surface area contributed by atoms with Gasteiger partial charge in [-0.15, -0.1) is 0 Å². The molecule has 106 valence electrons. The molecule has 0 spiro atoms. The molecule has 9 heteroatoms. The molecule has 1 aromatic carbocycles. The standard InChI is InChI=1S/C10H5ClF6O2/c11-6-3-1-2-5(4-6)7(18)19-8(9(12,13)14)10(15,16)17/h1-4,8H. The maximum Gasteiger partial charge on any atom is 0.434 e. The van der Waals surface area contributed by atoms with Crippen LogP contribution in [0.15, 0.2) is 24.3 Å². The third kappa shape index (κ3) is 4.30. The summed E-state index contributed by atoms with van der Waals surface area (Å²) in [5.41, 5.74) is -0.508. The molecular formula is C10H5ClF6O2. The fraction of sp³-hybridized carbons (Fsp3) is 0.300.